The van der Waals surface area contributed by atoms with Gasteiger partial charge in [-0.2, -0.15) is 5.10 Å². The summed E-state index contributed by atoms with van der Waals surface area (Å²) in [5, 5.41) is 7.13. The summed E-state index contributed by atoms with van der Waals surface area (Å²) >= 11 is 0. The number of hydrogen-bond acceptors (Lipinski definition) is 5. The van der Waals surface area contributed by atoms with Gasteiger partial charge < -0.3 is 15.0 Å². The topological polar surface area (TPSA) is 89.3 Å². The molecule has 1 saturated heterocycles. The van der Waals surface area contributed by atoms with E-state index in [-0.39, 0.29) is 24.3 Å². The molecule has 1 aliphatic heterocycles. The first-order valence-electron chi connectivity index (χ1n) is 9.75. The summed E-state index contributed by atoms with van der Waals surface area (Å²) in [6.07, 6.45) is 3.29. The number of nitrogens with one attached hydrogen (secondary N) is 1. The maximum absolute atomic E-state index is 12.8. The highest BCUT2D eigenvalue weighted by Gasteiger charge is 2.36. The number of nitrogens with zero attached hydrogens (tertiary/aromatic N) is 4. The molecule has 0 spiro atoms. The van der Waals surface area contributed by atoms with Gasteiger partial charge >= 0.3 is 0 Å². The van der Waals surface area contributed by atoms with Gasteiger partial charge in [0.2, 0.25) is 11.8 Å². The Bertz CT molecular complexity index is 1030. The second-order valence-corrected chi connectivity index (χ2v) is 7.24. The molecule has 154 valence electrons. The van der Waals surface area contributed by atoms with Crippen LogP contribution in [0.2, 0.25) is 0 Å². The zero-order valence-corrected chi connectivity index (χ0v) is 16.9. The Kier molecular flexibility index (Phi) is 5.47. The normalized spacial score (nSPS) is 17.1. The summed E-state index contributed by atoms with van der Waals surface area (Å²) in [4.78, 5) is 30.9. The van der Waals surface area contributed by atoms with Crippen molar-refractivity contribution < 1.29 is 14.3 Å². The molecule has 0 saturated carbocycles. The third-order valence-electron chi connectivity index (χ3n) is 5.31. The third-order valence-corrected chi connectivity index (χ3v) is 5.31. The van der Waals surface area contributed by atoms with Crippen LogP contribution in [0.25, 0.3) is 5.69 Å². The molecule has 0 aliphatic carbocycles. The molecule has 2 aromatic carbocycles. The number of rotatable bonds is 6. The Balaban J connectivity index is 1.41. The molecule has 2 heterocycles. The fraction of sp³-hybridized carbons (Fsp3) is 0.273. The molecular formula is C22H23N5O3. The van der Waals surface area contributed by atoms with Crippen molar-refractivity contribution in [1.29, 1.82) is 0 Å². The first kappa shape index (κ1) is 19.6. The van der Waals surface area contributed by atoms with Crippen LogP contribution in [0.3, 0.4) is 0 Å². The van der Waals surface area contributed by atoms with Crippen LogP contribution < -0.4 is 15.0 Å². The predicted molar refractivity (Wildman–Crippen MR) is 111 cm³/mol. The van der Waals surface area contributed by atoms with Crippen LogP contribution in [-0.4, -0.2) is 40.2 Å². The SMILES string of the molecule is COc1ccccc1N1CC(C(=O)NC(C)c2ccc(-n3cncn3)cc2)CC1=O. The van der Waals surface area contributed by atoms with E-state index in [1.54, 1.807) is 29.1 Å². The highest BCUT2D eigenvalue weighted by Crippen LogP contribution is 2.33. The van der Waals surface area contributed by atoms with Gasteiger partial charge in [0, 0.05) is 13.0 Å². The van der Waals surface area contributed by atoms with Gasteiger partial charge in [-0.1, -0.05) is 24.3 Å². The van der Waals surface area contributed by atoms with Gasteiger partial charge in [-0.3, -0.25) is 9.59 Å². The summed E-state index contributed by atoms with van der Waals surface area (Å²) < 4.78 is 7.03. The van der Waals surface area contributed by atoms with E-state index >= 15 is 0 Å². The zero-order chi connectivity index (χ0) is 21.1. The molecule has 0 radical (unpaired) electrons. The molecular weight excluding hydrogens is 382 g/mol. The van der Waals surface area contributed by atoms with E-state index in [9.17, 15) is 9.59 Å². The molecule has 1 aliphatic rings. The van der Waals surface area contributed by atoms with E-state index in [0.29, 0.717) is 18.0 Å². The minimum absolute atomic E-state index is 0.0792. The van der Waals surface area contributed by atoms with Crippen molar-refractivity contribution in [3.63, 3.8) is 0 Å². The number of hydrogen-bond donors (Lipinski definition) is 1. The van der Waals surface area contributed by atoms with E-state index in [0.717, 1.165) is 11.3 Å². The Morgan fingerprint density at radius 3 is 2.67 bits per heavy atom. The number of para-hydroxylation sites is 2. The Labute approximate surface area is 174 Å². The van der Waals surface area contributed by atoms with Crippen molar-refractivity contribution in [3.8, 4) is 11.4 Å². The van der Waals surface area contributed by atoms with Gasteiger partial charge in [0.05, 0.1) is 30.4 Å². The lowest BCUT2D eigenvalue weighted by molar-refractivity contribution is -0.126. The first-order valence-corrected chi connectivity index (χ1v) is 9.75. The summed E-state index contributed by atoms with van der Waals surface area (Å²) in [5.41, 5.74) is 2.55. The summed E-state index contributed by atoms with van der Waals surface area (Å²) in [7, 11) is 1.57. The summed E-state index contributed by atoms with van der Waals surface area (Å²) in [6.45, 7) is 2.26. The van der Waals surface area contributed by atoms with Crippen molar-refractivity contribution in [2.75, 3.05) is 18.6 Å². The number of methoxy groups -OCH3 is 1. The van der Waals surface area contributed by atoms with Crippen LogP contribution in [0.4, 0.5) is 5.69 Å². The molecule has 2 amide bonds. The van der Waals surface area contributed by atoms with Crippen molar-refractivity contribution in [3.05, 3.63) is 66.7 Å². The van der Waals surface area contributed by atoms with E-state index in [4.69, 9.17) is 4.74 Å². The summed E-state index contributed by atoms with van der Waals surface area (Å²) in [6, 6.07) is 14.9. The van der Waals surface area contributed by atoms with Gasteiger partial charge in [-0.05, 0) is 36.8 Å². The zero-order valence-electron chi connectivity index (χ0n) is 16.9. The fourth-order valence-corrected chi connectivity index (χ4v) is 3.64. The number of anilines is 1. The lowest BCUT2D eigenvalue weighted by Crippen LogP contribution is -2.34. The van der Waals surface area contributed by atoms with E-state index in [1.807, 2.05) is 49.4 Å². The highest BCUT2D eigenvalue weighted by atomic mass is 16.5. The Morgan fingerprint density at radius 2 is 1.97 bits per heavy atom. The molecule has 1 fully saturated rings. The lowest BCUT2D eigenvalue weighted by atomic mass is 10.0. The smallest absolute Gasteiger partial charge is 0.227 e. The standard InChI is InChI=1S/C22H23N5O3/c1-15(16-7-9-18(10-8-16)27-14-23-13-24-27)25-22(29)17-11-21(28)26(12-17)19-5-3-4-6-20(19)30-2/h3-10,13-15,17H,11-12H2,1-2H3,(H,25,29). The molecule has 3 aromatic rings. The largest absolute Gasteiger partial charge is 0.495 e. The minimum Gasteiger partial charge on any atom is -0.495 e. The number of aromatic nitrogens is 3. The molecule has 0 bridgehead atoms. The van der Waals surface area contributed by atoms with E-state index < -0.39 is 5.92 Å². The molecule has 2 unspecified atom stereocenters. The van der Waals surface area contributed by atoms with E-state index in [2.05, 4.69) is 15.4 Å². The molecule has 1 aromatic heterocycles. The number of amides is 2. The number of benzene rings is 2. The van der Waals surface area contributed by atoms with Gasteiger partial charge in [-0.15, -0.1) is 0 Å². The molecule has 30 heavy (non-hydrogen) atoms. The Morgan fingerprint density at radius 1 is 1.20 bits per heavy atom. The summed E-state index contributed by atoms with van der Waals surface area (Å²) in [5.74, 6) is 0.00474. The number of carbonyl (C=O) groups excluding carboxylic acids is 2. The number of carbonyl (C=O) groups is 2. The van der Waals surface area contributed by atoms with Gasteiger partial charge in [0.1, 0.15) is 18.4 Å². The monoisotopic (exact) mass is 405 g/mol. The van der Waals surface area contributed by atoms with E-state index in [1.165, 1.54) is 6.33 Å². The third kappa shape index (κ3) is 3.89. The van der Waals surface area contributed by atoms with Crippen LogP contribution in [0.5, 0.6) is 5.75 Å². The number of ether oxygens (including phenoxy) is 1. The van der Waals surface area contributed by atoms with Crippen LogP contribution in [0.1, 0.15) is 24.9 Å². The fourth-order valence-electron chi connectivity index (χ4n) is 3.64. The van der Waals surface area contributed by atoms with Crippen molar-refractivity contribution in [1.82, 2.24) is 20.1 Å². The quantitative estimate of drug-likeness (QED) is 0.681. The highest BCUT2D eigenvalue weighted by molar-refractivity contribution is 6.01. The average molecular weight is 405 g/mol. The van der Waals surface area contributed by atoms with Crippen LogP contribution in [-0.2, 0) is 9.59 Å². The average Bonchev–Trinajstić information content (AvgIpc) is 3.44. The maximum Gasteiger partial charge on any atom is 0.227 e. The van der Waals surface area contributed by atoms with Gasteiger partial charge in [0.15, 0.2) is 0 Å². The van der Waals surface area contributed by atoms with Gasteiger partial charge in [-0.25, -0.2) is 9.67 Å². The van der Waals surface area contributed by atoms with Crippen molar-refractivity contribution in [2.24, 2.45) is 5.92 Å². The molecule has 4 rings (SSSR count). The second-order valence-electron chi connectivity index (χ2n) is 7.24. The molecule has 8 nitrogen and oxygen atoms in total. The minimum atomic E-state index is -0.403. The van der Waals surface area contributed by atoms with Crippen LogP contribution in [0.15, 0.2) is 61.2 Å². The molecule has 1 N–H and O–H groups in total. The Hall–Kier alpha value is -3.68. The van der Waals surface area contributed by atoms with Crippen LogP contribution in [0, 0.1) is 5.92 Å². The van der Waals surface area contributed by atoms with Crippen molar-refractivity contribution >= 4 is 17.5 Å². The molecule has 8 heteroatoms. The predicted octanol–water partition coefficient (Wildman–Crippen LogP) is 2.51. The van der Waals surface area contributed by atoms with Crippen LogP contribution >= 0.6 is 0 Å². The first-order chi connectivity index (χ1) is 14.6. The lowest BCUT2D eigenvalue weighted by Gasteiger charge is -2.20. The second kappa shape index (κ2) is 8.36. The molecule has 2 atom stereocenters. The maximum atomic E-state index is 12.8. The van der Waals surface area contributed by atoms with Gasteiger partial charge in [0.25, 0.3) is 0 Å². The van der Waals surface area contributed by atoms with Crippen molar-refractivity contribution in [2.45, 2.75) is 19.4 Å².